The van der Waals surface area contributed by atoms with E-state index in [9.17, 15) is 14.4 Å². The molecule has 0 aromatic heterocycles. The first-order chi connectivity index (χ1) is 9.85. The van der Waals surface area contributed by atoms with Gasteiger partial charge in [-0.3, -0.25) is 9.59 Å². The number of aryl methyl sites for hydroxylation is 1. The summed E-state index contributed by atoms with van der Waals surface area (Å²) in [6.45, 7) is 1.80. The van der Waals surface area contributed by atoms with E-state index < -0.39 is 23.9 Å². The summed E-state index contributed by atoms with van der Waals surface area (Å²) in [7, 11) is 1.24. The second-order valence-electron chi connectivity index (χ2n) is 4.57. The first-order valence-corrected chi connectivity index (χ1v) is 6.32. The number of carbonyl (C=O) groups is 3. The van der Waals surface area contributed by atoms with Crippen molar-refractivity contribution in [1.29, 1.82) is 0 Å². The van der Waals surface area contributed by atoms with Gasteiger partial charge in [-0.25, -0.2) is 4.79 Å². The molecule has 1 atom stereocenters. The van der Waals surface area contributed by atoms with Crippen molar-refractivity contribution in [3.63, 3.8) is 0 Å². The summed E-state index contributed by atoms with van der Waals surface area (Å²) < 4.78 is 4.65. The molecule has 1 aromatic rings. The van der Waals surface area contributed by atoms with Crippen molar-refractivity contribution in [3.05, 3.63) is 29.3 Å². The van der Waals surface area contributed by atoms with Gasteiger partial charge in [-0.1, -0.05) is 11.6 Å². The minimum Gasteiger partial charge on any atom is -0.481 e. The molecule has 1 rings (SSSR count). The molecule has 0 saturated carbocycles. The number of carboxylic acids is 1. The fourth-order valence-corrected chi connectivity index (χ4v) is 1.68. The number of carboxylic acid groups (broad SMARTS) is 1. The van der Waals surface area contributed by atoms with E-state index in [-0.39, 0.29) is 24.1 Å². The van der Waals surface area contributed by atoms with E-state index in [1.165, 1.54) is 7.11 Å². The number of hydrogen-bond acceptors (Lipinski definition) is 5. The van der Waals surface area contributed by atoms with Crippen LogP contribution in [-0.4, -0.2) is 36.1 Å². The fraction of sp³-hybridized carbons (Fsp3) is 0.357. The van der Waals surface area contributed by atoms with E-state index in [4.69, 9.17) is 10.8 Å². The van der Waals surface area contributed by atoms with E-state index >= 15 is 0 Å². The normalized spacial score (nSPS) is 11.6. The second-order valence-corrected chi connectivity index (χ2v) is 4.57. The molecule has 0 bridgehead atoms. The number of methoxy groups -OCH3 is 1. The number of hydrogen-bond donors (Lipinski definition) is 3. The molecular weight excluding hydrogens is 276 g/mol. The zero-order valence-corrected chi connectivity index (χ0v) is 11.9. The van der Waals surface area contributed by atoms with Crippen LogP contribution in [0.4, 0.5) is 5.69 Å². The summed E-state index contributed by atoms with van der Waals surface area (Å²) in [4.78, 5) is 34.0. The standard InChI is InChI=1S/C14H18N2O5/c1-8-3-5-11(9(7-8)14(20)21-2)16-13(19)10(15)4-6-12(17)18/h3,5,7,10H,4,6,15H2,1-2H3,(H,16,19)(H,17,18). The largest absolute Gasteiger partial charge is 0.481 e. The number of esters is 1. The highest BCUT2D eigenvalue weighted by Crippen LogP contribution is 2.18. The summed E-state index contributed by atoms with van der Waals surface area (Å²) in [5.74, 6) is -2.15. The maximum absolute atomic E-state index is 11.9. The molecule has 7 nitrogen and oxygen atoms in total. The molecule has 0 heterocycles. The smallest absolute Gasteiger partial charge is 0.339 e. The van der Waals surface area contributed by atoms with Crippen molar-refractivity contribution >= 4 is 23.5 Å². The molecule has 0 fully saturated rings. The van der Waals surface area contributed by atoms with Gasteiger partial charge in [0.25, 0.3) is 0 Å². The number of anilines is 1. The Morgan fingerprint density at radius 3 is 2.62 bits per heavy atom. The fourth-order valence-electron chi connectivity index (χ4n) is 1.68. The third kappa shape index (κ3) is 4.88. The SMILES string of the molecule is COC(=O)c1cc(C)ccc1NC(=O)C(N)CCC(=O)O. The van der Waals surface area contributed by atoms with Gasteiger partial charge in [0, 0.05) is 6.42 Å². The van der Waals surface area contributed by atoms with Crippen molar-refractivity contribution in [2.75, 3.05) is 12.4 Å². The van der Waals surface area contributed by atoms with Crippen LogP contribution in [-0.2, 0) is 14.3 Å². The molecule has 0 aliphatic carbocycles. The predicted molar refractivity (Wildman–Crippen MR) is 76.0 cm³/mol. The zero-order valence-electron chi connectivity index (χ0n) is 11.9. The number of carbonyl (C=O) groups excluding carboxylic acids is 2. The molecule has 114 valence electrons. The predicted octanol–water partition coefficient (Wildman–Crippen LogP) is 0.912. The van der Waals surface area contributed by atoms with Crippen molar-refractivity contribution in [3.8, 4) is 0 Å². The highest BCUT2D eigenvalue weighted by Gasteiger charge is 2.18. The molecular formula is C14H18N2O5. The van der Waals surface area contributed by atoms with Crippen molar-refractivity contribution in [2.45, 2.75) is 25.8 Å². The number of amides is 1. The average Bonchev–Trinajstić information content (AvgIpc) is 2.45. The Bertz CT molecular complexity index is 556. The minimum atomic E-state index is -1.02. The molecule has 1 amide bonds. The first-order valence-electron chi connectivity index (χ1n) is 6.32. The highest BCUT2D eigenvalue weighted by molar-refractivity contribution is 6.02. The molecule has 4 N–H and O–H groups in total. The summed E-state index contributed by atoms with van der Waals surface area (Å²) in [6.07, 6.45) is -0.188. The Hall–Kier alpha value is -2.41. The monoisotopic (exact) mass is 294 g/mol. The van der Waals surface area contributed by atoms with Crippen molar-refractivity contribution in [1.82, 2.24) is 0 Å². The van der Waals surface area contributed by atoms with Gasteiger partial charge in [-0.05, 0) is 25.5 Å². The van der Waals surface area contributed by atoms with Gasteiger partial charge in [-0.15, -0.1) is 0 Å². The van der Waals surface area contributed by atoms with Crippen LogP contribution in [0.25, 0.3) is 0 Å². The third-order valence-corrected chi connectivity index (χ3v) is 2.84. The van der Waals surface area contributed by atoms with Gasteiger partial charge in [0.1, 0.15) is 0 Å². The molecule has 1 unspecified atom stereocenters. The summed E-state index contributed by atoms with van der Waals surface area (Å²) >= 11 is 0. The van der Waals surface area contributed by atoms with Gasteiger partial charge in [0.05, 0.1) is 24.4 Å². The van der Waals surface area contributed by atoms with Crippen LogP contribution < -0.4 is 11.1 Å². The van der Waals surface area contributed by atoms with Gasteiger partial charge in [-0.2, -0.15) is 0 Å². The Morgan fingerprint density at radius 2 is 2.05 bits per heavy atom. The quantitative estimate of drug-likeness (QED) is 0.671. The molecule has 7 heteroatoms. The number of ether oxygens (including phenoxy) is 1. The molecule has 0 radical (unpaired) electrons. The number of nitrogens with one attached hydrogen (secondary N) is 1. The molecule has 21 heavy (non-hydrogen) atoms. The zero-order chi connectivity index (χ0) is 16.0. The highest BCUT2D eigenvalue weighted by atomic mass is 16.5. The first kappa shape index (κ1) is 16.6. The van der Waals surface area contributed by atoms with Gasteiger partial charge < -0.3 is 20.9 Å². The van der Waals surface area contributed by atoms with Crippen LogP contribution >= 0.6 is 0 Å². The average molecular weight is 294 g/mol. The Morgan fingerprint density at radius 1 is 1.38 bits per heavy atom. The van der Waals surface area contributed by atoms with Crippen LogP contribution in [0.15, 0.2) is 18.2 Å². The van der Waals surface area contributed by atoms with Gasteiger partial charge in [0.15, 0.2) is 0 Å². The Kier molecular flexibility index (Phi) is 5.86. The van der Waals surface area contributed by atoms with E-state index in [0.717, 1.165) is 5.56 Å². The van der Waals surface area contributed by atoms with Gasteiger partial charge >= 0.3 is 11.9 Å². The minimum absolute atomic E-state index is 0.0145. The second kappa shape index (κ2) is 7.39. The molecule has 0 saturated heterocycles. The van der Waals surface area contributed by atoms with Crippen molar-refractivity contribution < 1.29 is 24.2 Å². The third-order valence-electron chi connectivity index (χ3n) is 2.84. The van der Waals surface area contributed by atoms with Crippen molar-refractivity contribution in [2.24, 2.45) is 5.73 Å². The van der Waals surface area contributed by atoms with E-state index in [1.807, 2.05) is 0 Å². The van der Waals surface area contributed by atoms with Gasteiger partial charge in [0.2, 0.25) is 5.91 Å². The summed E-state index contributed by atoms with van der Waals surface area (Å²) in [5, 5.41) is 11.1. The van der Waals surface area contributed by atoms with Crippen LogP contribution in [0, 0.1) is 6.92 Å². The molecule has 0 aliphatic heterocycles. The van der Waals surface area contributed by atoms with Crippen LogP contribution in [0.1, 0.15) is 28.8 Å². The molecule has 0 aliphatic rings. The summed E-state index contributed by atoms with van der Waals surface area (Å²) in [6, 6.07) is 3.92. The lowest BCUT2D eigenvalue weighted by Crippen LogP contribution is -2.36. The number of aliphatic carboxylic acids is 1. The van der Waals surface area contributed by atoms with Crippen LogP contribution in [0.2, 0.25) is 0 Å². The number of benzene rings is 1. The van der Waals surface area contributed by atoms with E-state index in [0.29, 0.717) is 0 Å². The van der Waals surface area contributed by atoms with Crippen LogP contribution in [0.5, 0.6) is 0 Å². The lowest BCUT2D eigenvalue weighted by Gasteiger charge is -2.14. The van der Waals surface area contributed by atoms with Crippen LogP contribution in [0.3, 0.4) is 0 Å². The molecule has 1 aromatic carbocycles. The number of rotatable bonds is 6. The molecule has 0 spiro atoms. The van der Waals surface area contributed by atoms with E-state index in [1.54, 1.807) is 25.1 Å². The number of nitrogens with two attached hydrogens (primary N) is 1. The topological polar surface area (TPSA) is 119 Å². The Balaban J connectivity index is 2.84. The maximum atomic E-state index is 11.9. The maximum Gasteiger partial charge on any atom is 0.339 e. The Labute approximate surface area is 122 Å². The lowest BCUT2D eigenvalue weighted by molar-refractivity contribution is -0.137. The summed E-state index contributed by atoms with van der Waals surface area (Å²) in [5.41, 5.74) is 6.95. The van der Waals surface area contributed by atoms with E-state index in [2.05, 4.69) is 10.1 Å². The lowest BCUT2D eigenvalue weighted by atomic mass is 10.1.